The van der Waals surface area contributed by atoms with Crippen LogP contribution in [-0.2, 0) is 11.2 Å². The number of hydrogen-bond acceptors (Lipinski definition) is 5. The summed E-state index contributed by atoms with van der Waals surface area (Å²) in [4.78, 5) is 27.5. The number of hydrogen-bond donors (Lipinski definition) is 2. The van der Waals surface area contributed by atoms with E-state index in [1.54, 1.807) is 0 Å². The molecule has 0 fully saturated rings. The summed E-state index contributed by atoms with van der Waals surface area (Å²) in [6, 6.07) is 17.0. The van der Waals surface area contributed by atoms with Gasteiger partial charge in [-0.2, -0.15) is 0 Å². The van der Waals surface area contributed by atoms with E-state index in [0.29, 0.717) is 17.1 Å². The Balaban J connectivity index is 1.61. The maximum absolute atomic E-state index is 12.5. The Bertz CT molecular complexity index is 1070. The van der Waals surface area contributed by atoms with Crippen molar-refractivity contribution >= 4 is 5.91 Å². The molecule has 0 bridgehead atoms. The number of aromatic amines is 1. The third kappa shape index (κ3) is 6.25. The van der Waals surface area contributed by atoms with Crippen LogP contribution < -0.4 is 15.6 Å². The van der Waals surface area contributed by atoms with E-state index in [2.05, 4.69) is 27.4 Å². The Labute approximate surface area is 181 Å². The molecule has 2 atom stereocenters. The summed E-state index contributed by atoms with van der Waals surface area (Å²) < 4.78 is 5.82. The summed E-state index contributed by atoms with van der Waals surface area (Å²) in [6.45, 7) is 5.98. The van der Waals surface area contributed by atoms with Crippen molar-refractivity contribution in [2.45, 2.75) is 52.2 Å². The Morgan fingerprint density at radius 3 is 2.58 bits per heavy atom. The monoisotopic (exact) mass is 420 g/mol. The van der Waals surface area contributed by atoms with Gasteiger partial charge in [-0.25, -0.2) is 0 Å². The summed E-state index contributed by atoms with van der Waals surface area (Å²) in [6.07, 6.45) is 1.37. The molecule has 0 aliphatic rings. The number of nitrogens with one attached hydrogen (secondary N) is 2. The first-order valence-corrected chi connectivity index (χ1v) is 10.5. The van der Waals surface area contributed by atoms with Gasteiger partial charge >= 0.3 is 0 Å². The molecule has 7 nitrogen and oxygen atoms in total. The average molecular weight is 421 g/mol. The minimum absolute atomic E-state index is 0.0958. The van der Waals surface area contributed by atoms with E-state index >= 15 is 0 Å². The molecule has 0 radical (unpaired) electrons. The fraction of sp³-hybridized carbons (Fsp3) is 0.333. The zero-order valence-electron chi connectivity index (χ0n) is 18.1. The van der Waals surface area contributed by atoms with E-state index < -0.39 is 0 Å². The third-order valence-electron chi connectivity index (χ3n) is 5.05. The van der Waals surface area contributed by atoms with Crippen molar-refractivity contribution in [1.82, 2.24) is 20.5 Å². The van der Waals surface area contributed by atoms with Gasteiger partial charge < -0.3 is 15.0 Å². The van der Waals surface area contributed by atoms with Crippen molar-refractivity contribution in [3.05, 3.63) is 76.2 Å². The molecule has 0 aliphatic heterocycles. The lowest BCUT2D eigenvalue weighted by Gasteiger charge is -2.14. The second-order valence-electron chi connectivity index (χ2n) is 7.51. The predicted octanol–water partition coefficient (Wildman–Crippen LogP) is 3.82. The van der Waals surface area contributed by atoms with Crippen LogP contribution in [0.25, 0.3) is 11.4 Å². The molecule has 2 N–H and O–H groups in total. The highest BCUT2D eigenvalue weighted by Gasteiger charge is 2.13. The van der Waals surface area contributed by atoms with E-state index in [1.807, 2.05) is 68.4 Å². The maximum Gasteiger partial charge on any atom is 0.273 e. The highest BCUT2D eigenvalue weighted by atomic mass is 16.5. The summed E-state index contributed by atoms with van der Waals surface area (Å²) >= 11 is 0. The van der Waals surface area contributed by atoms with E-state index in [1.165, 1.54) is 0 Å². The van der Waals surface area contributed by atoms with Crippen molar-refractivity contribution in [2.75, 3.05) is 0 Å². The highest BCUT2D eigenvalue weighted by Crippen LogP contribution is 2.21. The lowest BCUT2D eigenvalue weighted by atomic mass is 10.1. The number of rotatable bonds is 9. The highest BCUT2D eigenvalue weighted by molar-refractivity contribution is 5.76. The number of carbonyl (C=O) groups is 1. The number of benzene rings is 2. The SMILES string of the molecule is CC[C@H](C)Oc1cccc(-c2nnc(CCC(=O)N[C@@H](C)c3ccccc3)c(=O)[nH]2)c1. The minimum atomic E-state index is -0.345. The molecule has 2 aromatic carbocycles. The van der Waals surface area contributed by atoms with Crippen LogP contribution in [0, 0.1) is 0 Å². The average Bonchev–Trinajstić information content (AvgIpc) is 2.78. The van der Waals surface area contributed by atoms with Gasteiger partial charge in [0.2, 0.25) is 5.91 Å². The van der Waals surface area contributed by atoms with Crippen LogP contribution in [0.4, 0.5) is 0 Å². The molecule has 0 unspecified atom stereocenters. The van der Waals surface area contributed by atoms with Gasteiger partial charge in [-0.15, -0.1) is 10.2 Å². The van der Waals surface area contributed by atoms with Gasteiger partial charge in [0.05, 0.1) is 12.1 Å². The topological polar surface area (TPSA) is 97.0 Å². The molecular weight excluding hydrogens is 392 g/mol. The van der Waals surface area contributed by atoms with Gasteiger partial charge in [0.15, 0.2) is 5.82 Å². The number of aryl methyl sites for hydroxylation is 1. The van der Waals surface area contributed by atoms with E-state index in [0.717, 1.165) is 12.0 Å². The van der Waals surface area contributed by atoms with Gasteiger partial charge in [-0.05, 0) is 38.0 Å². The third-order valence-corrected chi connectivity index (χ3v) is 5.05. The van der Waals surface area contributed by atoms with Gasteiger partial charge in [0.1, 0.15) is 11.4 Å². The van der Waals surface area contributed by atoms with Crippen LogP contribution in [0.2, 0.25) is 0 Å². The smallest absolute Gasteiger partial charge is 0.273 e. The van der Waals surface area contributed by atoms with E-state index in [9.17, 15) is 9.59 Å². The molecule has 0 spiro atoms. The molecule has 3 rings (SSSR count). The summed E-state index contributed by atoms with van der Waals surface area (Å²) in [7, 11) is 0. The maximum atomic E-state index is 12.5. The summed E-state index contributed by atoms with van der Waals surface area (Å²) in [5, 5.41) is 11.1. The standard InChI is InChI=1S/C24H28N4O3/c1-4-16(2)31-20-12-8-11-19(15-20)23-26-24(30)21(27-28-23)13-14-22(29)25-17(3)18-9-6-5-7-10-18/h5-12,15-17H,4,13-14H2,1-3H3,(H,25,29)(H,26,28,30)/t16-,17-/m0/s1. The summed E-state index contributed by atoms with van der Waals surface area (Å²) in [5.41, 5.74) is 1.63. The Hall–Kier alpha value is -3.48. The molecular formula is C24H28N4O3. The molecule has 31 heavy (non-hydrogen) atoms. The van der Waals surface area contributed by atoms with Crippen LogP contribution in [0.5, 0.6) is 5.75 Å². The van der Waals surface area contributed by atoms with Crippen molar-refractivity contribution in [2.24, 2.45) is 0 Å². The number of nitrogens with zero attached hydrogens (tertiary/aromatic N) is 2. The van der Waals surface area contributed by atoms with Crippen molar-refractivity contribution in [1.29, 1.82) is 0 Å². The van der Waals surface area contributed by atoms with Gasteiger partial charge in [-0.3, -0.25) is 9.59 Å². The normalized spacial score (nSPS) is 12.7. The Morgan fingerprint density at radius 1 is 1.10 bits per heavy atom. The first-order valence-electron chi connectivity index (χ1n) is 10.5. The predicted molar refractivity (Wildman–Crippen MR) is 120 cm³/mol. The van der Waals surface area contributed by atoms with Crippen LogP contribution in [0.1, 0.15) is 50.9 Å². The van der Waals surface area contributed by atoms with Crippen LogP contribution in [0.15, 0.2) is 59.4 Å². The molecule has 0 aliphatic carbocycles. The fourth-order valence-corrected chi connectivity index (χ4v) is 3.06. The molecule has 162 valence electrons. The van der Waals surface area contributed by atoms with Crippen molar-refractivity contribution < 1.29 is 9.53 Å². The zero-order valence-corrected chi connectivity index (χ0v) is 18.1. The van der Waals surface area contributed by atoms with Crippen molar-refractivity contribution in [3.8, 4) is 17.1 Å². The molecule has 1 heterocycles. The quantitative estimate of drug-likeness (QED) is 0.548. The second-order valence-corrected chi connectivity index (χ2v) is 7.51. The number of aromatic nitrogens is 3. The molecule has 0 saturated carbocycles. The van der Waals surface area contributed by atoms with Crippen molar-refractivity contribution in [3.63, 3.8) is 0 Å². The first-order chi connectivity index (χ1) is 15.0. The van der Waals surface area contributed by atoms with E-state index in [4.69, 9.17) is 4.74 Å². The number of carbonyl (C=O) groups excluding carboxylic acids is 1. The van der Waals surface area contributed by atoms with Gasteiger partial charge in [0, 0.05) is 18.4 Å². The second kappa shape index (κ2) is 10.5. The molecule has 0 saturated heterocycles. The Morgan fingerprint density at radius 2 is 1.87 bits per heavy atom. The van der Waals surface area contributed by atoms with Gasteiger partial charge in [-0.1, -0.05) is 49.4 Å². The van der Waals surface area contributed by atoms with Gasteiger partial charge in [0.25, 0.3) is 5.56 Å². The summed E-state index contributed by atoms with van der Waals surface area (Å²) in [5.74, 6) is 0.935. The number of ether oxygens (including phenoxy) is 1. The molecule has 1 amide bonds. The minimum Gasteiger partial charge on any atom is -0.491 e. The molecule has 1 aromatic heterocycles. The van der Waals surface area contributed by atoms with E-state index in [-0.39, 0.29) is 42.1 Å². The Kier molecular flexibility index (Phi) is 7.54. The molecule has 7 heteroatoms. The van der Waals surface area contributed by atoms with Crippen LogP contribution in [-0.4, -0.2) is 27.2 Å². The zero-order chi connectivity index (χ0) is 22.2. The number of H-pyrrole nitrogens is 1. The lowest BCUT2D eigenvalue weighted by Crippen LogP contribution is -2.28. The largest absolute Gasteiger partial charge is 0.491 e. The fourth-order valence-electron chi connectivity index (χ4n) is 3.06. The number of amides is 1. The lowest BCUT2D eigenvalue weighted by molar-refractivity contribution is -0.121. The first kappa shape index (κ1) is 22.2. The molecule has 3 aromatic rings. The van der Waals surface area contributed by atoms with Crippen LogP contribution in [0.3, 0.4) is 0 Å². The van der Waals surface area contributed by atoms with Crippen LogP contribution >= 0.6 is 0 Å².